The van der Waals surface area contributed by atoms with Gasteiger partial charge in [-0.3, -0.25) is 4.79 Å². The zero-order valence-corrected chi connectivity index (χ0v) is 13.7. The van der Waals surface area contributed by atoms with Crippen LogP contribution in [0.15, 0.2) is 53.6 Å². The lowest BCUT2D eigenvalue weighted by atomic mass is 9.98. The Morgan fingerprint density at radius 3 is 2.27 bits per heavy atom. The van der Waals surface area contributed by atoms with Crippen LogP contribution >= 0.6 is 0 Å². The molecular weight excluding hydrogens is 336 g/mol. The molecule has 0 saturated carbocycles. The second-order valence-corrected chi connectivity index (χ2v) is 5.77. The number of carbonyl (C=O) groups is 2. The number of nitrogens with zero attached hydrogens (tertiary/aromatic N) is 3. The van der Waals surface area contributed by atoms with Gasteiger partial charge in [0.05, 0.1) is 0 Å². The van der Waals surface area contributed by atoms with E-state index in [1.807, 2.05) is 48.5 Å². The molecule has 26 heavy (non-hydrogen) atoms. The van der Waals surface area contributed by atoms with Gasteiger partial charge in [0.15, 0.2) is 6.04 Å². The first-order chi connectivity index (χ1) is 12.6. The molecule has 2 aromatic carbocycles. The lowest BCUT2D eigenvalue weighted by Crippen LogP contribution is -2.36. The molecule has 0 aliphatic heterocycles. The molecule has 0 bridgehead atoms. The standard InChI is InChI=1S/C18H16N4O4/c19-22-21-16(17(23)24)9-20-18(25)26-10-15-13-7-3-1-5-11(13)12-6-2-4-8-14(12)15/h1-8,15-16H,9-10H2,(H,20,25)(H,23,24)/t16-/m0/s1. The third kappa shape index (κ3) is 3.45. The third-order valence-corrected chi connectivity index (χ3v) is 4.26. The summed E-state index contributed by atoms with van der Waals surface area (Å²) in [7, 11) is 0. The van der Waals surface area contributed by atoms with E-state index in [0.29, 0.717) is 0 Å². The van der Waals surface area contributed by atoms with Crippen molar-refractivity contribution in [3.05, 3.63) is 70.1 Å². The SMILES string of the molecule is [N-]=[N+]=N[C@@H](CNC(=O)OCC1c2ccccc2-c2ccccc21)C(=O)O. The summed E-state index contributed by atoms with van der Waals surface area (Å²) in [5.41, 5.74) is 12.7. The number of nitrogens with one attached hydrogen (secondary N) is 1. The van der Waals surface area contributed by atoms with Gasteiger partial charge in [0.2, 0.25) is 0 Å². The maximum Gasteiger partial charge on any atom is 0.407 e. The maximum atomic E-state index is 11.9. The van der Waals surface area contributed by atoms with Crippen LogP contribution in [0, 0.1) is 0 Å². The van der Waals surface area contributed by atoms with Crippen LogP contribution in [-0.4, -0.2) is 36.4 Å². The molecule has 0 fully saturated rings. The first-order valence-electron chi connectivity index (χ1n) is 7.97. The van der Waals surface area contributed by atoms with Gasteiger partial charge in [-0.05, 0) is 27.8 Å². The van der Waals surface area contributed by atoms with Crippen LogP contribution in [0.3, 0.4) is 0 Å². The monoisotopic (exact) mass is 352 g/mol. The fourth-order valence-corrected chi connectivity index (χ4v) is 3.07. The normalized spacial score (nSPS) is 13.1. The van der Waals surface area contributed by atoms with Gasteiger partial charge in [0, 0.05) is 17.4 Å². The van der Waals surface area contributed by atoms with E-state index in [1.54, 1.807) is 0 Å². The zero-order valence-electron chi connectivity index (χ0n) is 13.7. The van der Waals surface area contributed by atoms with Crippen molar-refractivity contribution in [2.24, 2.45) is 5.11 Å². The van der Waals surface area contributed by atoms with Gasteiger partial charge in [0.25, 0.3) is 0 Å². The Bertz CT molecular complexity index is 845. The Hall–Kier alpha value is -3.51. The smallest absolute Gasteiger partial charge is 0.407 e. The minimum Gasteiger partial charge on any atom is -0.481 e. The van der Waals surface area contributed by atoms with Crippen molar-refractivity contribution < 1.29 is 19.4 Å². The molecule has 0 radical (unpaired) electrons. The number of carboxylic acids is 1. The molecular formula is C18H16N4O4. The fourth-order valence-electron chi connectivity index (χ4n) is 3.07. The number of hydrogen-bond donors (Lipinski definition) is 2. The summed E-state index contributed by atoms with van der Waals surface area (Å²) in [5.74, 6) is -1.40. The van der Waals surface area contributed by atoms with Crippen LogP contribution in [0.1, 0.15) is 17.0 Å². The first kappa shape index (κ1) is 17.3. The number of fused-ring (bicyclic) bond motifs is 3. The number of benzene rings is 2. The van der Waals surface area contributed by atoms with Crippen molar-refractivity contribution in [1.29, 1.82) is 0 Å². The molecule has 8 nitrogen and oxygen atoms in total. The van der Waals surface area contributed by atoms with E-state index in [1.165, 1.54) is 0 Å². The summed E-state index contributed by atoms with van der Waals surface area (Å²) >= 11 is 0. The van der Waals surface area contributed by atoms with Gasteiger partial charge < -0.3 is 15.2 Å². The average molecular weight is 352 g/mol. The fraction of sp³-hybridized carbons (Fsp3) is 0.222. The molecule has 2 N–H and O–H groups in total. The van der Waals surface area contributed by atoms with Gasteiger partial charge in [0.1, 0.15) is 6.61 Å². The number of carboxylic acid groups (broad SMARTS) is 1. The third-order valence-electron chi connectivity index (χ3n) is 4.26. The number of alkyl carbamates (subject to hydrolysis) is 1. The van der Waals surface area contributed by atoms with Crippen LogP contribution in [0.5, 0.6) is 0 Å². The minimum absolute atomic E-state index is 0.0828. The van der Waals surface area contributed by atoms with Gasteiger partial charge in [-0.15, -0.1) is 0 Å². The van der Waals surface area contributed by atoms with Crippen LogP contribution in [0.2, 0.25) is 0 Å². The quantitative estimate of drug-likeness (QED) is 0.470. The largest absolute Gasteiger partial charge is 0.481 e. The predicted octanol–water partition coefficient (Wildman–Crippen LogP) is 3.29. The van der Waals surface area contributed by atoms with E-state index in [9.17, 15) is 9.59 Å². The van der Waals surface area contributed by atoms with Crippen LogP contribution in [0.25, 0.3) is 21.6 Å². The molecule has 1 atom stereocenters. The second-order valence-electron chi connectivity index (χ2n) is 5.77. The summed E-state index contributed by atoms with van der Waals surface area (Å²) in [5, 5.41) is 14.3. The minimum atomic E-state index is -1.37. The summed E-state index contributed by atoms with van der Waals surface area (Å²) in [6.07, 6.45) is -0.758. The van der Waals surface area contributed by atoms with E-state index >= 15 is 0 Å². The molecule has 1 amide bonds. The Morgan fingerprint density at radius 1 is 1.15 bits per heavy atom. The van der Waals surface area contributed by atoms with Crippen molar-refractivity contribution in [1.82, 2.24) is 5.32 Å². The molecule has 0 heterocycles. The van der Waals surface area contributed by atoms with Gasteiger partial charge >= 0.3 is 12.1 Å². The van der Waals surface area contributed by atoms with Gasteiger partial charge in [-0.1, -0.05) is 53.6 Å². The number of carbonyl (C=O) groups excluding carboxylic acids is 1. The highest BCUT2D eigenvalue weighted by Crippen LogP contribution is 2.44. The molecule has 0 saturated heterocycles. The maximum absolute atomic E-state index is 11.9. The summed E-state index contributed by atoms with van der Waals surface area (Å²) in [6, 6.07) is 14.5. The van der Waals surface area contributed by atoms with E-state index in [-0.39, 0.29) is 19.1 Å². The molecule has 132 valence electrons. The lowest BCUT2D eigenvalue weighted by molar-refractivity contribution is -0.138. The summed E-state index contributed by atoms with van der Waals surface area (Å²) in [4.78, 5) is 25.2. The number of azide groups is 1. The van der Waals surface area contributed by atoms with Crippen molar-refractivity contribution in [3.8, 4) is 11.1 Å². The second kappa shape index (κ2) is 7.58. The molecule has 1 aliphatic rings. The summed E-state index contributed by atoms with van der Waals surface area (Å²) in [6.45, 7) is -0.213. The summed E-state index contributed by atoms with van der Waals surface area (Å²) < 4.78 is 5.27. The molecule has 2 aromatic rings. The highest BCUT2D eigenvalue weighted by molar-refractivity contribution is 5.79. The number of aliphatic carboxylic acids is 1. The van der Waals surface area contributed by atoms with Gasteiger partial charge in [-0.25, -0.2) is 4.79 Å². The van der Waals surface area contributed by atoms with Crippen molar-refractivity contribution in [3.63, 3.8) is 0 Å². The zero-order chi connectivity index (χ0) is 18.5. The number of rotatable bonds is 6. The van der Waals surface area contributed by atoms with E-state index in [0.717, 1.165) is 22.3 Å². The van der Waals surface area contributed by atoms with E-state index in [2.05, 4.69) is 15.3 Å². The number of ether oxygens (including phenoxy) is 1. The Kier molecular flexibility index (Phi) is 5.05. The highest BCUT2D eigenvalue weighted by atomic mass is 16.5. The number of amides is 1. The van der Waals surface area contributed by atoms with Crippen molar-refractivity contribution in [2.75, 3.05) is 13.2 Å². The van der Waals surface area contributed by atoms with E-state index < -0.39 is 18.1 Å². The molecule has 8 heteroatoms. The Morgan fingerprint density at radius 2 is 1.73 bits per heavy atom. The van der Waals surface area contributed by atoms with Crippen LogP contribution in [0.4, 0.5) is 4.79 Å². The topological polar surface area (TPSA) is 124 Å². The first-order valence-corrected chi connectivity index (χ1v) is 7.97. The lowest BCUT2D eigenvalue weighted by Gasteiger charge is -2.15. The Labute approximate surface area is 149 Å². The molecule has 0 aromatic heterocycles. The molecule has 1 aliphatic carbocycles. The van der Waals surface area contributed by atoms with Crippen LogP contribution < -0.4 is 5.32 Å². The molecule has 0 spiro atoms. The van der Waals surface area contributed by atoms with Crippen molar-refractivity contribution >= 4 is 12.1 Å². The Balaban J connectivity index is 1.65. The average Bonchev–Trinajstić information content (AvgIpc) is 2.97. The number of hydrogen-bond acceptors (Lipinski definition) is 4. The van der Waals surface area contributed by atoms with Gasteiger partial charge in [-0.2, -0.15) is 0 Å². The highest BCUT2D eigenvalue weighted by Gasteiger charge is 2.29. The molecule has 3 rings (SSSR count). The predicted molar refractivity (Wildman–Crippen MR) is 93.6 cm³/mol. The molecule has 0 unspecified atom stereocenters. The van der Waals surface area contributed by atoms with E-state index in [4.69, 9.17) is 15.4 Å². The van der Waals surface area contributed by atoms with Crippen LogP contribution in [-0.2, 0) is 9.53 Å². The van der Waals surface area contributed by atoms with Crippen molar-refractivity contribution in [2.45, 2.75) is 12.0 Å².